The first-order valence-electron chi connectivity index (χ1n) is 23.2. The number of carbonyl (C=O) groups is 4. The van der Waals surface area contributed by atoms with Crippen molar-refractivity contribution in [2.45, 2.75) is 95.4 Å². The Balaban J connectivity index is 0.832. The molecule has 10 rings (SSSR count). The molecule has 2 saturated carbocycles. The SMILES string of the molecule is COC(=O)N[C@H](C(=O)N1CC2(CC2)C[C@H]1c1ncc(-c2ccc3cc(-c4ccc(-c5cnc([C@@H]6[C@H]7CCC(C7)N6C(=O)[C@@H](NC(=O)OC)C6CCOCC6)[nH]5)cc4)ccc3c2)[nH]1)C(C)C. The molecule has 340 valence electrons. The maximum Gasteiger partial charge on any atom is 0.407 e. The minimum Gasteiger partial charge on any atom is -0.453 e. The molecule has 15 heteroatoms. The van der Waals surface area contributed by atoms with Gasteiger partial charge in [0.2, 0.25) is 11.8 Å². The third-order valence-corrected chi connectivity index (χ3v) is 14.9. The van der Waals surface area contributed by atoms with E-state index in [-0.39, 0.29) is 47.2 Å². The van der Waals surface area contributed by atoms with Crippen molar-refractivity contribution in [1.82, 2.24) is 40.4 Å². The van der Waals surface area contributed by atoms with E-state index < -0.39 is 24.3 Å². The van der Waals surface area contributed by atoms with Gasteiger partial charge in [0.05, 0.1) is 50.1 Å². The van der Waals surface area contributed by atoms with Gasteiger partial charge in [0.15, 0.2) is 0 Å². The van der Waals surface area contributed by atoms with Crippen LogP contribution in [0.1, 0.15) is 88.9 Å². The number of benzene rings is 3. The van der Waals surface area contributed by atoms with Crippen LogP contribution < -0.4 is 10.6 Å². The number of alkyl carbamates (subject to hydrolysis) is 2. The summed E-state index contributed by atoms with van der Waals surface area (Å²) in [6.07, 6.45) is 9.84. The van der Waals surface area contributed by atoms with Crippen molar-refractivity contribution in [1.29, 1.82) is 0 Å². The molecule has 1 unspecified atom stereocenters. The van der Waals surface area contributed by atoms with E-state index in [1.165, 1.54) is 14.2 Å². The van der Waals surface area contributed by atoms with E-state index in [0.29, 0.717) is 38.5 Å². The number of aromatic nitrogens is 4. The molecule has 5 aliphatic rings. The number of hydrogen-bond donors (Lipinski definition) is 4. The van der Waals surface area contributed by atoms with Gasteiger partial charge >= 0.3 is 12.2 Å². The Kier molecular flexibility index (Phi) is 11.4. The van der Waals surface area contributed by atoms with E-state index in [2.05, 4.69) is 81.3 Å². The Morgan fingerprint density at radius 1 is 0.754 bits per heavy atom. The second-order valence-electron chi connectivity index (χ2n) is 19.2. The highest BCUT2D eigenvalue weighted by Crippen LogP contribution is 2.58. The first-order valence-corrected chi connectivity index (χ1v) is 23.2. The Morgan fingerprint density at radius 2 is 1.37 bits per heavy atom. The monoisotopic (exact) mass is 882 g/mol. The molecule has 65 heavy (non-hydrogen) atoms. The number of rotatable bonds is 11. The van der Waals surface area contributed by atoms with Gasteiger partial charge in [0.1, 0.15) is 23.7 Å². The van der Waals surface area contributed by atoms with E-state index in [4.69, 9.17) is 24.2 Å². The maximum atomic E-state index is 14.4. The molecule has 5 aromatic rings. The number of piperidine rings is 1. The van der Waals surface area contributed by atoms with Gasteiger partial charge in [-0.1, -0.05) is 62.4 Å². The first-order chi connectivity index (χ1) is 31.5. The van der Waals surface area contributed by atoms with Crippen molar-refractivity contribution in [2.75, 3.05) is 34.0 Å². The van der Waals surface area contributed by atoms with Crippen molar-refractivity contribution < 1.29 is 33.4 Å². The summed E-state index contributed by atoms with van der Waals surface area (Å²) in [5.41, 5.74) is 6.08. The lowest BCUT2D eigenvalue weighted by Gasteiger charge is -2.39. The lowest BCUT2D eigenvalue weighted by atomic mass is 9.89. The van der Waals surface area contributed by atoms with E-state index >= 15 is 0 Å². The van der Waals surface area contributed by atoms with Crippen LogP contribution in [0.4, 0.5) is 9.59 Å². The molecule has 15 nitrogen and oxygen atoms in total. The van der Waals surface area contributed by atoms with Gasteiger partial charge in [0, 0.05) is 31.4 Å². The summed E-state index contributed by atoms with van der Waals surface area (Å²) in [7, 11) is 2.63. The molecule has 2 bridgehead atoms. The third-order valence-electron chi connectivity index (χ3n) is 14.9. The predicted molar refractivity (Wildman–Crippen MR) is 243 cm³/mol. The summed E-state index contributed by atoms with van der Waals surface area (Å²) in [5.74, 6) is 1.54. The molecule has 3 aromatic carbocycles. The normalized spacial score (nSPS) is 23.2. The molecule has 0 radical (unpaired) electrons. The molecule has 5 heterocycles. The number of hydrogen-bond acceptors (Lipinski definition) is 9. The van der Waals surface area contributed by atoms with Crippen LogP contribution in [0.3, 0.4) is 0 Å². The van der Waals surface area contributed by atoms with Gasteiger partial charge in [-0.05, 0) is 114 Å². The standard InChI is InChI=1S/C50H58N8O7/c1-28(2)41(55-48(61)63-3)46(59)57-27-50(17-18-50)24-40(57)44-51-26-39(53-44)35-12-11-33-21-32(9-10-34(33)22-35)29-5-7-30(8-6-29)38-25-52-45(54-38)43-36-13-14-37(23-36)58(43)47(60)42(56-49(62)64-4)31-15-19-65-20-16-31/h5-12,21-22,25-26,28,31,36-37,40-43H,13-20,23-24,27H2,1-4H3,(H,51,53)(H,52,54)(H,55,61)(H,56,62)/t36-,37?,40-,41-,42-,43-/m0/s1. The molecular formula is C50H58N8O7. The number of H-pyrrole nitrogens is 2. The number of methoxy groups -OCH3 is 2. The lowest BCUT2D eigenvalue weighted by molar-refractivity contribution is -0.140. The van der Waals surface area contributed by atoms with E-state index in [9.17, 15) is 19.2 Å². The topological polar surface area (TPSA) is 184 Å². The highest BCUT2D eigenvalue weighted by Gasteiger charge is 2.55. The number of fused-ring (bicyclic) bond motifs is 3. The maximum absolute atomic E-state index is 14.4. The number of carbonyl (C=O) groups excluding carboxylic acids is 4. The highest BCUT2D eigenvalue weighted by molar-refractivity contribution is 5.91. The molecule has 5 fully saturated rings. The highest BCUT2D eigenvalue weighted by atomic mass is 16.5. The fourth-order valence-electron chi connectivity index (χ4n) is 11.1. The summed E-state index contributed by atoms with van der Waals surface area (Å²) < 4.78 is 15.3. The smallest absolute Gasteiger partial charge is 0.407 e. The fourth-order valence-corrected chi connectivity index (χ4v) is 11.1. The van der Waals surface area contributed by atoms with Crippen molar-refractivity contribution >= 4 is 34.8 Å². The number of amides is 4. The number of nitrogens with one attached hydrogen (secondary N) is 4. The average Bonchev–Trinajstić information content (AvgIpc) is 3.97. The van der Waals surface area contributed by atoms with Gasteiger partial charge < -0.3 is 44.6 Å². The van der Waals surface area contributed by atoms with Crippen molar-refractivity contribution in [2.24, 2.45) is 23.2 Å². The average molecular weight is 883 g/mol. The summed E-state index contributed by atoms with van der Waals surface area (Å²) in [6, 6.07) is 19.7. The molecule has 1 spiro atoms. The van der Waals surface area contributed by atoms with Crippen LogP contribution in [-0.4, -0.2) is 106 Å². The summed E-state index contributed by atoms with van der Waals surface area (Å²) >= 11 is 0. The molecule has 4 N–H and O–H groups in total. The number of likely N-dealkylation sites (tertiary alicyclic amines) is 2. The summed E-state index contributed by atoms with van der Waals surface area (Å²) in [5, 5.41) is 7.84. The Labute approximate surface area is 378 Å². The van der Waals surface area contributed by atoms with Crippen molar-refractivity contribution in [3.63, 3.8) is 0 Å². The largest absolute Gasteiger partial charge is 0.453 e. The lowest BCUT2D eigenvalue weighted by Crippen LogP contribution is -2.55. The molecule has 2 aliphatic carbocycles. The minimum atomic E-state index is -0.689. The Morgan fingerprint density at radius 3 is 2.06 bits per heavy atom. The van der Waals surface area contributed by atoms with Gasteiger partial charge in [-0.15, -0.1) is 0 Å². The molecule has 3 aliphatic heterocycles. The quantitative estimate of drug-likeness (QED) is 0.102. The minimum absolute atomic E-state index is 0.0233. The predicted octanol–water partition coefficient (Wildman–Crippen LogP) is 7.92. The zero-order valence-electron chi connectivity index (χ0n) is 37.5. The zero-order chi connectivity index (χ0) is 45.0. The number of aromatic amines is 2. The molecule has 4 amide bonds. The summed E-state index contributed by atoms with van der Waals surface area (Å²) in [4.78, 5) is 73.6. The molecule has 6 atom stereocenters. The zero-order valence-corrected chi connectivity index (χ0v) is 37.5. The van der Waals surface area contributed by atoms with Crippen LogP contribution >= 0.6 is 0 Å². The second-order valence-corrected chi connectivity index (χ2v) is 19.2. The van der Waals surface area contributed by atoms with Crippen LogP contribution in [0.25, 0.3) is 44.4 Å². The van der Waals surface area contributed by atoms with E-state index in [1.807, 2.05) is 36.0 Å². The fraction of sp³-hybridized carbons (Fsp3) is 0.480. The van der Waals surface area contributed by atoms with Gasteiger partial charge in [-0.3, -0.25) is 9.59 Å². The third kappa shape index (κ3) is 8.23. The number of imidazole rings is 2. The van der Waals surface area contributed by atoms with E-state index in [0.717, 1.165) is 94.6 Å². The molecule has 3 saturated heterocycles. The van der Waals surface area contributed by atoms with Crippen LogP contribution in [0.2, 0.25) is 0 Å². The van der Waals surface area contributed by atoms with Crippen molar-refractivity contribution in [3.05, 3.63) is 84.7 Å². The van der Waals surface area contributed by atoms with Crippen LogP contribution in [0, 0.1) is 23.2 Å². The number of nitrogens with zero attached hydrogens (tertiary/aromatic N) is 4. The molecular weight excluding hydrogens is 825 g/mol. The van der Waals surface area contributed by atoms with Crippen LogP contribution in [-0.2, 0) is 23.8 Å². The molecule has 2 aromatic heterocycles. The summed E-state index contributed by atoms with van der Waals surface area (Å²) in [6.45, 7) is 5.65. The van der Waals surface area contributed by atoms with E-state index in [1.54, 1.807) is 0 Å². The van der Waals surface area contributed by atoms with Crippen LogP contribution in [0.5, 0.6) is 0 Å². The Bertz CT molecular complexity index is 2590. The van der Waals surface area contributed by atoms with Crippen LogP contribution in [0.15, 0.2) is 73.1 Å². The second kappa shape index (κ2) is 17.3. The Hall–Kier alpha value is -6.22. The van der Waals surface area contributed by atoms with Gasteiger partial charge in [-0.2, -0.15) is 0 Å². The van der Waals surface area contributed by atoms with Gasteiger partial charge in [-0.25, -0.2) is 19.6 Å². The van der Waals surface area contributed by atoms with Gasteiger partial charge in [0.25, 0.3) is 0 Å². The first kappa shape index (κ1) is 42.7. The van der Waals surface area contributed by atoms with Crippen molar-refractivity contribution in [3.8, 4) is 33.6 Å². The number of ether oxygens (including phenoxy) is 3.